The lowest BCUT2D eigenvalue weighted by Crippen LogP contribution is -2.48. The summed E-state index contributed by atoms with van der Waals surface area (Å²) in [6.07, 6.45) is 0.215. The second-order valence-corrected chi connectivity index (χ2v) is 8.62. The number of benzene rings is 2. The summed E-state index contributed by atoms with van der Waals surface area (Å²) in [5.41, 5.74) is 1.82. The Morgan fingerprint density at radius 3 is 2.36 bits per heavy atom. The first-order valence-electron chi connectivity index (χ1n) is 9.32. The second-order valence-electron chi connectivity index (χ2n) is 7.27. The molecule has 1 atom stereocenters. The first-order chi connectivity index (χ1) is 13.3. The molecule has 0 heterocycles. The molecule has 2 amide bonds. The highest BCUT2D eigenvalue weighted by molar-refractivity contribution is 9.10. The van der Waals surface area contributed by atoms with E-state index in [-0.39, 0.29) is 18.2 Å². The second kappa shape index (κ2) is 10.6. The van der Waals surface area contributed by atoms with E-state index in [1.165, 1.54) is 0 Å². The molecular weight excluding hydrogens is 440 g/mol. The monoisotopic (exact) mass is 464 g/mol. The van der Waals surface area contributed by atoms with E-state index in [2.05, 4.69) is 21.2 Å². The quantitative estimate of drug-likeness (QED) is 0.607. The van der Waals surface area contributed by atoms with Crippen LogP contribution in [0.2, 0.25) is 5.02 Å². The number of halogens is 2. The average molecular weight is 466 g/mol. The van der Waals surface area contributed by atoms with E-state index < -0.39 is 6.04 Å². The normalized spacial score (nSPS) is 11.9. The van der Waals surface area contributed by atoms with Gasteiger partial charge in [-0.1, -0.05) is 65.6 Å². The zero-order valence-corrected chi connectivity index (χ0v) is 18.8. The fourth-order valence-corrected chi connectivity index (χ4v) is 3.32. The van der Waals surface area contributed by atoms with Gasteiger partial charge in [0.2, 0.25) is 11.8 Å². The van der Waals surface area contributed by atoms with Crippen molar-refractivity contribution in [2.45, 2.75) is 39.8 Å². The zero-order chi connectivity index (χ0) is 20.7. The molecule has 1 N–H and O–H groups in total. The van der Waals surface area contributed by atoms with Gasteiger partial charge in [0.1, 0.15) is 6.04 Å². The summed E-state index contributed by atoms with van der Waals surface area (Å²) in [6, 6.07) is 14.4. The van der Waals surface area contributed by atoms with Crippen LogP contribution in [0.4, 0.5) is 0 Å². The molecular formula is C22H26BrClN2O2. The largest absolute Gasteiger partial charge is 0.354 e. The Labute approximate surface area is 180 Å². The first kappa shape index (κ1) is 22.4. The van der Waals surface area contributed by atoms with Gasteiger partial charge in [0.25, 0.3) is 0 Å². The molecule has 0 aromatic heterocycles. The smallest absolute Gasteiger partial charge is 0.242 e. The molecule has 0 saturated carbocycles. The van der Waals surface area contributed by atoms with E-state index >= 15 is 0 Å². The average Bonchev–Trinajstić information content (AvgIpc) is 2.65. The number of carbonyl (C=O) groups excluding carboxylic acids is 2. The molecule has 0 aliphatic carbocycles. The fourth-order valence-electron chi connectivity index (χ4n) is 2.75. The molecule has 28 heavy (non-hydrogen) atoms. The Balaban J connectivity index is 2.19. The van der Waals surface area contributed by atoms with Gasteiger partial charge >= 0.3 is 0 Å². The number of nitrogens with one attached hydrogen (secondary N) is 1. The maximum Gasteiger partial charge on any atom is 0.242 e. The Hall–Kier alpha value is -1.85. The molecule has 2 aromatic carbocycles. The number of hydrogen-bond donors (Lipinski definition) is 1. The fraction of sp³-hybridized carbons (Fsp3) is 0.364. The molecule has 0 unspecified atom stereocenters. The van der Waals surface area contributed by atoms with Crippen molar-refractivity contribution in [2.75, 3.05) is 6.54 Å². The van der Waals surface area contributed by atoms with Crippen molar-refractivity contribution >= 4 is 39.3 Å². The molecule has 0 bridgehead atoms. The third kappa shape index (κ3) is 6.95. The Bertz CT molecular complexity index is 808. The summed E-state index contributed by atoms with van der Waals surface area (Å²) >= 11 is 9.39. The first-order valence-corrected chi connectivity index (χ1v) is 10.5. The van der Waals surface area contributed by atoms with Crippen molar-refractivity contribution in [3.05, 3.63) is 69.2 Å². The van der Waals surface area contributed by atoms with E-state index in [1.54, 1.807) is 24.0 Å². The highest BCUT2D eigenvalue weighted by Crippen LogP contribution is 2.17. The van der Waals surface area contributed by atoms with Crippen LogP contribution in [0.3, 0.4) is 0 Å². The Kier molecular flexibility index (Phi) is 8.52. The summed E-state index contributed by atoms with van der Waals surface area (Å²) in [6.45, 7) is 6.79. The number of rotatable bonds is 8. The zero-order valence-electron chi connectivity index (χ0n) is 16.4. The molecule has 0 fully saturated rings. The number of nitrogens with zero attached hydrogens (tertiary/aromatic N) is 1. The van der Waals surface area contributed by atoms with E-state index in [0.717, 1.165) is 15.6 Å². The summed E-state index contributed by atoms with van der Waals surface area (Å²) < 4.78 is 0.937. The molecule has 2 rings (SSSR count). The van der Waals surface area contributed by atoms with Crippen molar-refractivity contribution < 1.29 is 9.59 Å². The van der Waals surface area contributed by atoms with Gasteiger partial charge in [-0.2, -0.15) is 0 Å². The van der Waals surface area contributed by atoms with Crippen LogP contribution in [0, 0.1) is 5.92 Å². The predicted octanol–water partition coefficient (Wildman–Crippen LogP) is 4.83. The Morgan fingerprint density at radius 2 is 1.75 bits per heavy atom. The van der Waals surface area contributed by atoms with Gasteiger partial charge < -0.3 is 10.2 Å². The number of amides is 2. The topological polar surface area (TPSA) is 49.4 Å². The molecule has 0 aliphatic heterocycles. The lowest BCUT2D eigenvalue weighted by Gasteiger charge is -2.29. The van der Waals surface area contributed by atoms with Gasteiger partial charge in [-0.15, -0.1) is 0 Å². The van der Waals surface area contributed by atoms with Crippen LogP contribution in [0.25, 0.3) is 0 Å². The van der Waals surface area contributed by atoms with Crippen molar-refractivity contribution in [3.63, 3.8) is 0 Å². The third-order valence-corrected chi connectivity index (χ3v) is 5.11. The molecule has 0 spiro atoms. The molecule has 4 nitrogen and oxygen atoms in total. The van der Waals surface area contributed by atoms with E-state index in [9.17, 15) is 9.59 Å². The van der Waals surface area contributed by atoms with Crippen LogP contribution < -0.4 is 5.32 Å². The molecule has 2 aromatic rings. The van der Waals surface area contributed by atoms with Crippen molar-refractivity contribution in [1.29, 1.82) is 0 Å². The molecule has 0 saturated heterocycles. The summed E-state index contributed by atoms with van der Waals surface area (Å²) in [5, 5.41) is 3.55. The minimum absolute atomic E-state index is 0.102. The molecule has 150 valence electrons. The summed E-state index contributed by atoms with van der Waals surface area (Å²) in [7, 11) is 0. The van der Waals surface area contributed by atoms with E-state index in [1.807, 2.05) is 50.2 Å². The van der Waals surface area contributed by atoms with Gasteiger partial charge in [-0.3, -0.25) is 9.59 Å². The van der Waals surface area contributed by atoms with Crippen LogP contribution in [-0.4, -0.2) is 29.3 Å². The number of carbonyl (C=O) groups is 2. The maximum atomic E-state index is 13.1. The summed E-state index contributed by atoms with van der Waals surface area (Å²) in [5.74, 6) is 0.0992. The van der Waals surface area contributed by atoms with Crippen LogP contribution in [0.5, 0.6) is 0 Å². The van der Waals surface area contributed by atoms with Crippen molar-refractivity contribution in [2.24, 2.45) is 5.92 Å². The van der Waals surface area contributed by atoms with Gasteiger partial charge in [-0.25, -0.2) is 0 Å². The van der Waals surface area contributed by atoms with Crippen molar-refractivity contribution in [3.8, 4) is 0 Å². The lowest BCUT2D eigenvalue weighted by atomic mass is 10.1. The minimum atomic E-state index is -0.572. The van der Waals surface area contributed by atoms with Crippen LogP contribution in [-0.2, 0) is 22.6 Å². The Morgan fingerprint density at radius 1 is 1.07 bits per heavy atom. The standard InChI is InChI=1S/C22H26BrClN2O2/c1-15(2)13-25-22(28)16(3)26(14-18-5-4-6-19(23)11-18)21(27)12-17-7-9-20(24)10-8-17/h4-11,15-16H,12-14H2,1-3H3,(H,25,28)/t16-/m0/s1. The van der Waals surface area contributed by atoms with Crippen LogP contribution >= 0.6 is 27.5 Å². The molecule has 0 aliphatic rings. The van der Waals surface area contributed by atoms with E-state index in [0.29, 0.717) is 24.0 Å². The van der Waals surface area contributed by atoms with Gasteiger partial charge in [0.05, 0.1) is 6.42 Å². The highest BCUT2D eigenvalue weighted by atomic mass is 79.9. The predicted molar refractivity (Wildman–Crippen MR) is 117 cm³/mol. The van der Waals surface area contributed by atoms with Gasteiger partial charge in [-0.05, 0) is 48.2 Å². The SMILES string of the molecule is CC(C)CNC(=O)[C@H](C)N(Cc1cccc(Br)c1)C(=O)Cc1ccc(Cl)cc1. The van der Waals surface area contributed by atoms with Crippen LogP contribution in [0.1, 0.15) is 31.9 Å². The van der Waals surface area contributed by atoms with Gasteiger partial charge in [0, 0.05) is 22.6 Å². The maximum absolute atomic E-state index is 13.1. The minimum Gasteiger partial charge on any atom is -0.354 e. The van der Waals surface area contributed by atoms with Gasteiger partial charge in [0.15, 0.2) is 0 Å². The van der Waals surface area contributed by atoms with Crippen LogP contribution in [0.15, 0.2) is 53.0 Å². The third-order valence-electron chi connectivity index (χ3n) is 4.36. The molecule has 6 heteroatoms. The van der Waals surface area contributed by atoms with E-state index in [4.69, 9.17) is 11.6 Å². The molecule has 0 radical (unpaired) electrons. The van der Waals surface area contributed by atoms with Crippen molar-refractivity contribution in [1.82, 2.24) is 10.2 Å². The highest BCUT2D eigenvalue weighted by Gasteiger charge is 2.26. The lowest BCUT2D eigenvalue weighted by molar-refractivity contribution is -0.140. The number of hydrogen-bond acceptors (Lipinski definition) is 2. The summed E-state index contributed by atoms with van der Waals surface area (Å²) in [4.78, 5) is 27.3.